The molecule has 0 aromatic rings. The molecule has 1 amide bonds. The van der Waals surface area contributed by atoms with Crippen LogP contribution in [-0.4, -0.2) is 35.0 Å². The predicted molar refractivity (Wildman–Crippen MR) is 58.9 cm³/mol. The second kappa shape index (κ2) is 4.07. The highest BCUT2D eigenvalue weighted by Gasteiger charge is 2.43. The zero-order valence-electron chi connectivity index (χ0n) is 9.74. The Morgan fingerprint density at radius 2 is 1.88 bits per heavy atom. The van der Waals surface area contributed by atoms with Crippen LogP contribution in [0.3, 0.4) is 0 Å². The van der Waals surface area contributed by atoms with E-state index in [2.05, 4.69) is 0 Å². The molecule has 0 aromatic carbocycles. The van der Waals surface area contributed by atoms with Gasteiger partial charge in [0.1, 0.15) is 0 Å². The Balaban J connectivity index is 1.83. The van der Waals surface area contributed by atoms with E-state index < -0.39 is 5.97 Å². The van der Waals surface area contributed by atoms with Gasteiger partial charge in [0.15, 0.2) is 0 Å². The molecule has 0 spiro atoms. The molecule has 1 saturated carbocycles. The van der Waals surface area contributed by atoms with Gasteiger partial charge in [-0.05, 0) is 12.8 Å². The molecule has 0 radical (unpaired) electrons. The van der Waals surface area contributed by atoms with E-state index in [0.717, 1.165) is 25.7 Å². The number of likely N-dealkylation sites (tertiary alicyclic amines) is 1. The van der Waals surface area contributed by atoms with Crippen molar-refractivity contribution in [1.82, 2.24) is 4.90 Å². The van der Waals surface area contributed by atoms with Crippen LogP contribution in [-0.2, 0) is 9.59 Å². The second-order valence-corrected chi connectivity index (χ2v) is 5.44. The van der Waals surface area contributed by atoms with Gasteiger partial charge in [0.2, 0.25) is 5.91 Å². The quantitative estimate of drug-likeness (QED) is 0.791. The first-order valence-corrected chi connectivity index (χ1v) is 6.02. The Kier molecular flexibility index (Phi) is 2.91. The lowest BCUT2D eigenvalue weighted by Gasteiger charge is -2.42. The zero-order valence-corrected chi connectivity index (χ0v) is 9.74. The Bertz CT molecular complexity index is 301. The lowest BCUT2D eigenvalue weighted by molar-refractivity contribution is -0.151. The maximum atomic E-state index is 12.2. The smallest absolute Gasteiger partial charge is 0.303 e. The Hall–Kier alpha value is -1.06. The molecule has 0 atom stereocenters. The average molecular weight is 225 g/mol. The summed E-state index contributed by atoms with van der Waals surface area (Å²) in [7, 11) is 0. The summed E-state index contributed by atoms with van der Waals surface area (Å²) in [4.78, 5) is 24.5. The van der Waals surface area contributed by atoms with Gasteiger partial charge in [0, 0.05) is 24.4 Å². The van der Waals surface area contributed by atoms with Gasteiger partial charge in [-0.2, -0.15) is 0 Å². The van der Waals surface area contributed by atoms with E-state index in [0.29, 0.717) is 13.1 Å². The molecule has 90 valence electrons. The van der Waals surface area contributed by atoms with E-state index in [9.17, 15) is 9.59 Å². The maximum absolute atomic E-state index is 12.2. The number of rotatable bonds is 3. The molecule has 0 bridgehead atoms. The van der Waals surface area contributed by atoms with Crippen LogP contribution in [0.25, 0.3) is 0 Å². The van der Waals surface area contributed by atoms with Gasteiger partial charge in [-0.25, -0.2) is 0 Å². The van der Waals surface area contributed by atoms with Crippen LogP contribution in [0.4, 0.5) is 0 Å². The molecule has 4 heteroatoms. The number of aliphatic carboxylic acids is 1. The van der Waals surface area contributed by atoms with Crippen LogP contribution >= 0.6 is 0 Å². The van der Waals surface area contributed by atoms with E-state index in [4.69, 9.17) is 5.11 Å². The van der Waals surface area contributed by atoms with Crippen LogP contribution in [0.1, 0.15) is 39.0 Å². The third kappa shape index (κ3) is 2.06. The third-order valence-corrected chi connectivity index (χ3v) is 3.93. The number of hydrogen-bond donors (Lipinski definition) is 1. The van der Waals surface area contributed by atoms with Crippen molar-refractivity contribution in [3.8, 4) is 0 Å². The third-order valence-electron chi connectivity index (χ3n) is 3.93. The van der Waals surface area contributed by atoms with E-state index >= 15 is 0 Å². The number of carboxylic acids is 1. The van der Waals surface area contributed by atoms with Crippen molar-refractivity contribution in [2.45, 2.75) is 39.0 Å². The molecule has 1 aliphatic carbocycles. The molecule has 1 saturated heterocycles. The highest BCUT2D eigenvalue weighted by Crippen LogP contribution is 2.40. The fourth-order valence-electron chi connectivity index (χ4n) is 2.86. The summed E-state index contributed by atoms with van der Waals surface area (Å²) in [5, 5.41) is 8.63. The van der Waals surface area contributed by atoms with Crippen LogP contribution < -0.4 is 0 Å². The van der Waals surface area contributed by atoms with E-state index in [1.54, 1.807) is 0 Å². The minimum atomic E-state index is -0.760. The Morgan fingerprint density at radius 3 is 2.38 bits per heavy atom. The minimum Gasteiger partial charge on any atom is -0.481 e. The summed E-state index contributed by atoms with van der Waals surface area (Å²) in [5.74, 6) is -0.345. The van der Waals surface area contributed by atoms with Gasteiger partial charge in [-0.3, -0.25) is 9.59 Å². The minimum absolute atomic E-state index is 0.159. The monoisotopic (exact) mass is 225 g/mol. The summed E-state index contributed by atoms with van der Waals surface area (Å²) < 4.78 is 0. The van der Waals surface area contributed by atoms with Gasteiger partial charge in [0.05, 0.1) is 6.42 Å². The van der Waals surface area contributed by atoms with Gasteiger partial charge >= 0.3 is 5.97 Å². The largest absolute Gasteiger partial charge is 0.481 e. The first-order chi connectivity index (χ1) is 7.51. The molecule has 2 aliphatic rings. The van der Waals surface area contributed by atoms with Crippen molar-refractivity contribution in [2.24, 2.45) is 11.3 Å². The van der Waals surface area contributed by atoms with Crippen molar-refractivity contribution in [1.29, 1.82) is 0 Å². The number of hydrogen-bond acceptors (Lipinski definition) is 2. The zero-order chi connectivity index (χ0) is 11.8. The summed E-state index contributed by atoms with van der Waals surface area (Å²) in [6.45, 7) is 3.33. The Morgan fingerprint density at radius 1 is 1.31 bits per heavy atom. The average Bonchev–Trinajstić information content (AvgIpc) is 2.58. The summed E-state index contributed by atoms with van der Waals surface area (Å²) in [5.41, 5.74) is -0.159. The van der Waals surface area contributed by atoms with Crippen LogP contribution in [0.15, 0.2) is 0 Å². The van der Waals surface area contributed by atoms with Crippen LogP contribution in [0.5, 0.6) is 0 Å². The lowest BCUT2D eigenvalue weighted by atomic mass is 9.84. The van der Waals surface area contributed by atoms with E-state index in [-0.39, 0.29) is 23.7 Å². The second-order valence-electron chi connectivity index (χ2n) is 5.44. The Labute approximate surface area is 95.6 Å². The van der Waals surface area contributed by atoms with Crippen molar-refractivity contribution >= 4 is 11.9 Å². The first kappa shape index (κ1) is 11.4. The van der Waals surface area contributed by atoms with Crippen molar-refractivity contribution < 1.29 is 14.7 Å². The summed E-state index contributed by atoms with van der Waals surface area (Å²) in [6.07, 6.45) is 4.47. The van der Waals surface area contributed by atoms with Gasteiger partial charge < -0.3 is 10.0 Å². The number of nitrogens with zero attached hydrogens (tertiary/aromatic N) is 1. The van der Waals surface area contributed by atoms with E-state index in [1.807, 2.05) is 11.8 Å². The maximum Gasteiger partial charge on any atom is 0.303 e. The molecule has 2 rings (SSSR count). The van der Waals surface area contributed by atoms with Crippen molar-refractivity contribution in [3.05, 3.63) is 0 Å². The molecule has 16 heavy (non-hydrogen) atoms. The standard InChI is InChI=1S/C12H19NO3/c1-12(4-2-3-5-12)11(16)13-7-9(8-13)6-10(14)15/h9H,2-8H2,1H3,(H,14,15). The number of carbonyl (C=O) groups is 2. The topological polar surface area (TPSA) is 57.6 Å². The van der Waals surface area contributed by atoms with Crippen molar-refractivity contribution in [2.75, 3.05) is 13.1 Å². The number of amides is 1. The van der Waals surface area contributed by atoms with Crippen molar-refractivity contribution in [3.63, 3.8) is 0 Å². The van der Waals surface area contributed by atoms with Gasteiger partial charge in [-0.1, -0.05) is 19.8 Å². The highest BCUT2D eigenvalue weighted by molar-refractivity contribution is 5.83. The first-order valence-electron chi connectivity index (χ1n) is 6.02. The molecule has 0 unspecified atom stereocenters. The van der Waals surface area contributed by atoms with E-state index in [1.165, 1.54) is 0 Å². The molecule has 4 nitrogen and oxygen atoms in total. The van der Waals surface area contributed by atoms with Gasteiger partial charge in [0.25, 0.3) is 0 Å². The van der Waals surface area contributed by atoms with Crippen LogP contribution in [0.2, 0.25) is 0 Å². The fourth-order valence-corrected chi connectivity index (χ4v) is 2.86. The predicted octanol–water partition coefficient (Wildman–Crippen LogP) is 1.50. The molecular formula is C12H19NO3. The lowest BCUT2D eigenvalue weighted by Crippen LogP contribution is -2.54. The molecule has 1 heterocycles. The molecule has 1 aliphatic heterocycles. The molecule has 2 fully saturated rings. The SMILES string of the molecule is CC1(C(=O)N2CC(CC(=O)O)C2)CCCC1. The highest BCUT2D eigenvalue weighted by atomic mass is 16.4. The normalized spacial score (nSPS) is 24.2. The van der Waals surface area contributed by atoms with Crippen LogP contribution in [0, 0.1) is 11.3 Å². The summed E-state index contributed by atoms with van der Waals surface area (Å²) in [6, 6.07) is 0. The number of carboxylic acid groups (broad SMARTS) is 1. The number of carbonyl (C=O) groups excluding carboxylic acids is 1. The molecule has 0 aromatic heterocycles. The fraction of sp³-hybridized carbons (Fsp3) is 0.833. The van der Waals surface area contributed by atoms with Gasteiger partial charge in [-0.15, -0.1) is 0 Å². The summed E-state index contributed by atoms with van der Waals surface area (Å²) >= 11 is 0. The molecule has 1 N–H and O–H groups in total. The molecular weight excluding hydrogens is 206 g/mol.